The van der Waals surface area contributed by atoms with E-state index in [9.17, 15) is 9.59 Å². The molecule has 0 aliphatic rings. The number of hydrogen-bond donors (Lipinski definition) is 0. The second-order valence-electron chi connectivity index (χ2n) is 6.19. The molecule has 1 unspecified atom stereocenters. The molecule has 0 aromatic rings. The average molecular weight is 286 g/mol. The van der Waals surface area contributed by atoms with E-state index in [0.29, 0.717) is 13.0 Å². The van der Waals surface area contributed by atoms with Crippen LogP contribution in [0.1, 0.15) is 73.1 Å². The SMILES string of the molecule is CCOC(=O)CCCCCCC(C)C(=O)OC(C)(C)C. The van der Waals surface area contributed by atoms with E-state index < -0.39 is 5.60 Å². The van der Waals surface area contributed by atoms with Gasteiger partial charge in [-0.25, -0.2) is 0 Å². The van der Waals surface area contributed by atoms with Crippen molar-refractivity contribution in [3.05, 3.63) is 0 Å². The van der Waals surface area contributed by atoms with Crippen molar-refractivity contribution in [2.45, 2.75) is 78.7 Å². The van der Waals surface area contributed by atoms with Crippen LogP contribution < -0.4 is 0 Å². The molecule has 0 saturated heterocycles. The monoisotopic (exact) mass is 286 g/mol. The van der Waals surface area contributed by atoms with E-state index >= 15 is 0 Å². The fourth-order valence-corrected chi connectivity index (χ4v) is 1.83. The Hall–Kier alpha value is -1.06. The third-order valence-electron chi connectivity index (χ3n) is 2.88. The summed E-state index contributed by atoms with van der Waals surface area (Å²) in [5.41, 5.74) is -0.412. The number of hydrogen-bond acceptors (Lipinski definition) is 4. The lowest BCUT2D eigenvalue weighted by molar-refractivity contribution is -0.159. The number of esters is 2. The molecule has 0 aromatic carbocycles. The number of carbonyl (C=O) groups is 2. The summed E-state index contributed by atoms with van der Waals surface area (Å²) in [4.78, 5) is 22.9. The Kier molecular flexibility index (Phi) is 9.26. The predicted octanol–water partition coefficient (Wildman–Crippen LogP) is 3.87. The summed E-state index contributed by atoms with van der Waals surface area (Å²) in [6.07, 6.45) is 5.22. The Balaban J connectivity index is 3.60. The predicted molar refractivity (Wildman–Crippen MR) is 79.3 cm³/mol. The van der Waals surface area contributed by atoms with Gasteiger partial charge in [0.15, 0.2) is 0 Å². The minimum absolute atomic E-state index is 0.0562. The van der Waals surface area contributed by atoms with Gasteiger partial charge in [0.05, 0.1) is 12.5 Å². The molecular formula is C16H30O4. The lowest BCUT2D eigenvalue weighted by atomic mass is 10.0. The molecule has 118 valence electrons. The van der Waals surface area contributed by atoms with Gasteiger partial charge in [0, 0.05) is 6.42 Å². The maximum atomic E-state index is 11.8. The summed E-state index contributed by atoms with van der Waals surface area (Å²) in [6, 6.07) is 0. The Morgan fingerprint density at radius 3 is 2.20 bits per heavy atom. The van der Waals surface area contributed by atoms with Crippen molar-refractivity contribution in [1.29, 1.82) is 0 Å². The lowest BCUT2D eigenvalue weighted by Crippen LogP contribution is -2.27. The Bertz CT molecular complexity index is 291. The molecule has 0 bridgehead atoms. The molecule has 0 N–H and O–H groups in total. The van der Waals surface area contributed by atoms with Gasteiger partial charge < -0.3 is 9.47 Å². The Morgan fingerprint density at radius 2 is 1.65 bits per heavy atom. The van der Waals surface area contributed by atoms with Gasteiger partial charge in [-0.1, -0.05) is 26.2 Å². The topological polar surface area (TPSA) is 52.6 Å². The summed E-state index contributed by atoms with van der Waals surface area (Å²) in [6.45, 7) is 9.82. The lowest BCUT2D eigenvalue weighted by Gasteiger charge is -2.22. The zero-order chi connectivity index (χ0) is 15.6. The molecule has 1 atom stereocenters. The number of unbranched alkanes of at least 4 members (excludes halogenated alkanes) is 3. The van der Waals surface area contributed by atoms with Crippen LogP contribution in [0.25, 0.3) is 0 Å². The van der Waals surface area contributed by atoms with Crippen molar-refractivity contribution < 1.29 is 19.1 Å². The first-order chi connectivity index (χ1) is 9.26. The molecule has 0 heterocycles. The second-order valence-corrected chi connectivity index (χ2v) is 6.19. The molecule has 0 rings (SSSR count). The molecule has 4 heteroatoms. The highest BCUT2D eigenvalue weighted by Gasteiger charge is 2.21. The van der Waals surface area contributed by atoms with Crippen LogP contribution in [0, 0.1) is 5.92 Å². The third-order valence-corrected chi connectivity index (χ3v) is 2.88. The van der Waals surface area contributed by atoms with E-state index in [1.807, 2.05) is 34.6 Å². The summed E-state index contributed by atoms with van der Waals surface area (Å²) >= 11 is 0. The van der Waals surface area contributed by atoms with E-state index in [-0.39, 0.29) is 17.9 Å². The van der Waals surface area contributed by atoms with Crippen molar-refractivity contribution in [1.82, 2.24) is 0 Å². The number of carbonyl (C=O) groups excluding carboxylic acids is 2. The molecular weight excluding hydrogens is 256 g/mol. The molecule has 0 aliphatic carbocycles. The second kappa shape index (κ2) is 9.78. The summed E-state index contributed by atoms with van der Waals surface area (Å²) in [5.74, 6) is -0.294. The largest absolute Gasteiger partial charge is 0.466 e. The van der Waals surface area contributed by atoms with Crippen molar-refractivity contribution >= 4 is 11.9 Å². The van der Waals surface area contributed by atoms with E-state index in [4.69, 9.17) is 9.47 Å². The number of ether oxygens (including phenoxy) is 2. The van der Waals surface area contributed by atoms with Gasteiger partial charge in [-0.05, 0) is 40.5 Å². The first-order valence-electron chi connectivity index (χ1n) is 7.64. The van der Waals surface area contributed by atoms with Crippen LogP contribution >= 0.6 is 0 Å². The normalized spacial score (nSPS) is 12.8. The van der Waals surface area contributed by atoms with Gasteiger partial charge in [0.2, 0.25) is 0 Å². The van der Waals surface area contributed by atoms with Crippen LogP contribution in [0.4, 0.5) is 0 Å². The molecule has 0 amide bonds. The van der Waals surface area contributed by atoms with Crippen LogP contribution in [-0.2, 0) is 19.1 Å². The maximum Gasteiger partial charge on any atom is 0.309 e. The van der Waals surface area contributed by atoms with Gasteiger partial charge in [0.25, 0.3) is 0 Å². The van der Waals surface area contributed by atoms with E-state index in [2.05, 4.69) is 0 Å². The first-order valence-corrected chi connectivity index (χ1v) is 7.64. The van der Waals surface area contributed by atoms with Gasteiger partial charge in [-0.15, -0.1) is 0 Å². The molecule has 0 spiro atoms. The Labute approximate surface area is 123 Å². The standard InChI is InChI=1S/C16H30O4/c1-6-19-14(17)12-10-8-7-9-11-13(2)15(18)20-16(3,4)5/h13H,6-12H2,1-5H3. The van der Waals surface area contributed by atoms with E-state index in [1.165, 1.54) is 0 Å². The smallest absolute Gasteiger partial charge is 0.309 e. The van der Waals surface area contributed by atoms with Gasteiger partial charge in [-0.2, -0.15) is 0 Å². The van der Waals surface area contributed by atoms with Crippen molar-refractivity contribution in [2.24, 2.45) is 5.92 Å². The molecule has 0 radical (unpaired) electrons. The highest BCUT2D eigenvalue weighted by atomic mass is 16.6. The summed E-state index contributed by atoms with van der Waals surface area (Å²) in [5, 5.41) is 0. The van der Waals surface area contributed by atoms with Gasteiger partial charge in [-0.3, -0.25) is 9.59 Å². The molecule has 0 fully saturated rings. The van der Waals surface area contributed by atoms with Gasteiger partial charge >= 0.3 is 11.9 Å². The van der Waals surface area contributed by atoms with Gasteiger partial charge in [0.1, 0.15) is 5.60 Å². The van der Waals surface area contributed by atoms with E-state index in [1.54, 1.807) is 0 Å². The maximum absolute atomic E-state index is 11.8. The zero-order valence-electron chi connectivity index (χ0n) is 13.7. The van der Waals surface area contributed by atoms with Crippen LogP contribution in [0.3, 0.4) is 0 Å². The van der Waals surface area contributed by atoms with Crippen LogP contribution in [0.2, 0.25) is 0 Å². The fourth-order valence-electron chi connectivity index (χ4n) is 1.83. The minimum Gasteiger partial charge on any atom is -0.466 e. The van der Waals surface area contributed by atoms with Crippen LogP contribution in [0.5, 0.6) is 0 Å². The Morgan fingerprint density at radius 1 is 1.05 bits per heavy atom. The molecule has 0 aliphatic heterocycles. The average Bonchev–Trinajstić information content (AvgIpc) is 2.31. The third kappa shape index (κ3) is 10.8. The number of rotatable bonds is 9. The minimum atomic E-state index is -0.412. The molecule has 0 saturated carbocycles. The molecule has 0 aromatic heterocycles. The highest BCUT2D eigenvalue weighted by Crippen LogP contribution is 2.16. The quantitative estimate of drug-likeness (QED) is 0.477. The first kappa shape index (κ1) is 18.9. The van der Waals surface area contributed by atoms with Crippen LogP contribution in [-0.4, -0.2) is 24.1 Å². The highest BCUT2D eigenvalue weighted by molar-refractivity contribution is 5.72. The van der Waals surface area contributed by atoms with Crippen molar-refractivity contribution in [3.8, 4) is 0 Å². The van der Waals surface area contributed by atoms with Crippen molar-refractivity contribution in [3.63, 3.8) is 0 Å². The van der Waals surface area contributed by atoms with E-state index in [0.717, 1.165) is 32.1 Å². The summed E-state index contributed by atoms with van der Waals surface area (Å²) in [7, 11) is 0. The molecule has 20 heavy (non-hydrogen) atoms. The van der Waals surface area contributed by atoms with Crippen LogP contribution in [0.15, 0.2) is 0 Å². The summed E-state index contributed by atoms with van der Waals surface area (Å²) < 4.78 is 10.2. The molecule has 4 nitrogen and oxygen atoms in total. The fraction of sp³-hybridized carbons (Fsp3) is 0.875. The zero-order valence-corrected chi connectivity index (χ0v) is 13.7. The van der Waals surface area contributed by atoms with Crippen molar-refractivity contribution in [2.75, 3.05) is 6.61 Å².